The van der Waals surface area contributed by atoms with Crippen molar-refractivity contribution in [2.24, 2.45) is 5.84 Å². The first-order valence-corrected chi connectivity index (χ1v) is 5.34. The van der Waals surface area contributed by atoms with Crippen LogP contribution in [0, 0.1) is 17.0 Å². The molecule has 0 aromatic carbocycles. The zero-order chi connectivity index (χ0) is 13.7. The molecular weight excluding hydrogens is 238 g/mol. The van der Waals surface area contributed by atoms with Crippen LogP contribution in [0.15, 0.2) is 0 Å². The van der Waals surface area contributed by atoms with E-state index >= 15 is 0 Å². The molecule has 0 bridgehead atoms. The third kappa shape index (κ3) is 3.50. The van der Waals surface area contributed by atoms with Crippen molar-refractivity contribution >= 4 is 17.5 Å². The van der Waals surface area contributed by atoms with Crippen molar-refractivity contribution in [1.82, 2.24) is 14.9 Å². The smallest absolute Gasteiger partial charge is 0.332 e. The van der Waals surface area contributed by atoms with E-state index in [0.29, 0.717) is 6.54 Å². The first-order valence-electron chi connectivity index (χ1n) is 5.34. The van der Waals surface area contributed by atoms with Crippen LogP contribution in [0.5, 0.6) is 0 Å². The van der Waals surface area contributed by atoms with Gasteiger partial charge in [0.1, 0.15) is 5.69 Å². The molecule has 0 aliphatic carbocycles. The highest BCUT2D eigenvalue weighted by Gasteiger charge is 2.21. The van der Waals surface area contributed by atoms with Gasteiger partial charge < -0.3 is 10.2 Å². The van der Waals surface area contributed by atoms with E-state index in [2.05, 4.69) is 20.7 Å². The predicted octanol–water partition coefficient (Wildman–Crippen LogP) is -0.0477. The number of nitrogens with two attached hydrogens (primary N) is 1. The molecule has 0 spiro atoms. The minimum atomic E-state index is -0.506. The molecule has 4 N–H and O–H groups in total. The lowest BCUT2D eigenvalue weighted by molar-refractivity contribution is -0.385. The van der Waals surface area contributed by atoms with Crippen LogP contribution >= 0.6 is 0 Å². The Morgan fingerprint density at radius 1 is 1.44 bits per heavy atom. The maximum Gasteiger partial charge on any atom is 0.332 e. The largest absolute Gasteiger partial charge is 0.363 e. The second kappa shape index (κ2) is 6.07. The van der Waals surface area contributed by atoms with E-state index in [9.17, 15) is 10.1 Å². The standard InChI is InChI=1S/C9H17N7O2/c1-6-7(16(17)18)8(11-4-5-15(2)3)13-9(12-6)14-10/h4-5,10H2,1-3H3,(H2,11,12,13,14). The molecule has 0 radical (unpaired) electrons. The Kier molecular flexibility index (Phi) is 4.75. The van der Waals surface area contributed by atoms with Crippen LogP contribution in [0.4, 0.5) is 17.5 Å². The third-order valence-corrected chi connectivity index (χ3v) is 2.22. The van der Waals surface area contributed by atoms with E-state index < -0.39 is 4.92 Å². The summed E-state index contributed by atoms with van der Waals surface area (Å²) in [5, 5.41) is 13.9. The normalized spacial score (nSPS) is 10.5. The Hall–Kier alpha value is -2.00. The summed E-state index contributed by atoms with van der Waals surface area (Å²) in [4.78, 5) is 20.2. The average molecular weight is 255 g/mol. The Labute approximate surface area is 105 Å². The molecule has 9 heteroatoms. The van der Waals surface area contributed by atoms with Gasteiger partial charge in [0.25, 0.3) is 0 Å². The second-order valence-corrected chi connectivity index (χ2v) is 3.96. The first kappa shape index (κ1) is 14.1. The third-order valence-electron chi connectivity index (χ3n) is 2.22. The van der Waals surface area contributed by atoms with Gasteiger partial charge in [0.2, 0.25) is 11.8 Å². The van der Waals surface area contributed by atoms with Crippen molar-refractivity contribution in [1.29, 1.82) is 0 Å². The molecule has 0 amide bonds. The van der Waals surface area contributed by atoms with E-state index in [1.807, 2.05) is 19.0 Å². The highest BCUT2D eigenvalue weighted by Crippen LogP contribution is 2.25. The monoisotopic (exact) mass is 255 g/mol. The number of anilines is 2. The van der Waals surface area contributed by atoms with Gasteiger partial charge in [0.05, 0.1) is 4.92 Å². The molecule has 1 aromatic rings. The highest BCUT2D eigenvalue weighted by atomic mass is 16.6. The summed E-state index contributed by atoms with van der Waals surface area (Å²) < 4.78 is 0. The van der Waals surface area contributed by atoms with Crippen LogP contribution in [0.2, 0.25) is 0 Å². The lowest BCUT2D eigenvalue weighted by Crippen LogP contribution is -2.22. The van der Waals surface area contributed by atoms with Crippen LogP contribution < -0.4 is 16.6 Å². The van der Waals surface area contributed by atoms with Crippen molar-refractivity contribution < 1.29 is 4.92 Å². The number of hydrogen-bond donors (Lipinski definition) is 3. The fourth-order valence-electron chi connectivity index (χ4n) is 1.37. The van der Waals surface area contributed by atoms with E-state index in [0.717, 1.165) is 6.54 Å². The van der Waals surface area contributed by atoms with Gasteiger partial charge in [-0.1, -0.05) is 0 Å². The molecule has 1 heterocycles. The Balaban J connectivity index is 2.98. The number of nitro groups is 1. The first-order chi connectivity index (χ1) is 8.45. The number of rotatable bonds is 6. The topological polar surface area (TPSA) is 122 Å². The van der Waals surface area contributed by atoms with Gasteiger partial charge in [0.15, 0.2) is 0 Å². The zero-order valence-electron chi connectivity index (χ0n) is 10.6. The van der Waals surface area contributed by atoms with Gasteiger partial charge in [-0.2, -0.15) is 4.98 Å². The van der Waals surface area contributed by atoms with E-state index in [1.165, 1.54) is 6.92 Å². The van der Waals surface area contributed by atoms with Crippen molar-refractivity contribution in [3.05, 3.63) is 15.8 Å². The maximum absolute atomic E-state index is 11.0. The van der Waals surface area contributed by atoms with Crippen molar-refractivity contribution in [3.63, 3.8) is 0 Å². The number of nitrogens with one attached hydrogen (secondary N) is 2. The lowest BCUT2D eigenvalue weighted by Gasteiger charge is -2.12. The molecule has 0 fully saturated rings. The molecule has 1 rings (SSSR count). The van der Waals surface area contributed by atoms with Gasteiger partial charge in [-0.05, 0) is 21.0 Å². The summed E-state index contributed by atoms with van der Waals surface area (Å²) in [6.07, 6.45) is 0. The number of hydrogen-bond acceptors (Lipinski definition) is 8. The van der Waals surface area contributed by atoms with Gasteiger partial charge in [-0.3, -0.25) is 15.5 Å². The van der Waals surface area contributed by atoms with Gasteiger partial charge in [-0.25, -0.2) is 10.8 Å². The molecule has 0 aliphatic rings. The quantitative estimate of drug-likeness (QED) is 0.367. The number of hydrazine groups is 1. The fraction of sp³-hybridized carbons (Fsp3) is 0.556. The van der Waals surface area contributed by atoms with Gasteiger partial charge >= 0.3 is 5.69 Å². The fourth-order valence-corrected chi connectivity index (χ4v) is 1.37. The summed E-state index contributed by atoms with van der Waals surface area (Å²) in [5.41, 5.74) is 2.41. The highest BCUT2D eigenvalue weighted by molar-refractivity contribution is 5.60. The number of aryl methyl sites for hydroxylation is 1. The Morgan fingerprint density at radius 3 is 2.61 bits per heavy atom. The van der Waals surface area contributed by atoms with Crippen LogP contribution in [0.1, 0.15) is 5.69 Å². The number of nitrogens with zero attached hydrogens (tertiary/aromatic N) is 4. The number of nitrogen functional groups attached to an aromatic ring is 1. The lowest BCUT2D eigenvalue weighted by atomic mass is 10.3. The van der Waals surface area contributed by atoms with Gasteiger partial charge in [0, 0.05) is 13.1 Å². The van der Waals surface area contributed by atoms with Crippen molar-refractivity contribution in [2.45, 2.75) is 6.92 Å². The molecular formula is C9H17N7O2. The minimum absolute atomic E-state index is 0.132. The molecule has 9 nitrogen and oxygen atoms in total. The van der Waals surface area contributed by atoms with E-state index in [4.69, 9.17) is 5.84 Å². The van der Waals surface area contributed by atoms with Gasteiger partial charge in [-0.15, -0.1) is 0 Å². The van der Waals surface area contributed by atoms with Crippen LogP contribution in [0.25, 0.3) is 0 Å². The second-order valence-electron chi connectivity index (χ2n) is 3.96. The maximum atomic E-state index is 11.0. The van der Waals surface area contributed by atoms with Crippen LogP contribution in [-0.4, -0.2) is 47.0 Å². The van der Waals surface area contributed by atoms with Crippen LogP contribution in [-0.2, 0) is 0 Å². The molecule has 0 aliphatic heterocycles. The summed E-state index contributed by atoms with van der Waals surface area (Å²) in [6, 6.07) is 0. The summed E-state index contributed by atoms with van der Waals surface area (Å²) >= 11 is 0. The van der Waals surface area contributed by atoms with Crippen molar-refractivity contribution in [3.8, 4) is 0 Å². The summed E-state index contributed by atoms with van der Waals surface area (Å²) in [6.45, 7) is 2.80. The summed E-state index contributed by atoms with van der Waals surface area (Å²) in [5.74, 6) is 5.52. The molecule has 0 atom stereocenters. The predicted molar refractivity (Wildman–Crippen MR) is 68.3 cm³/mol. The molecule has 0 saturated heterocycles. The molecule has 1 aromatic heterocycles. The van der Waals surface area contributed by atoms with Crippen LogP contribution in [0.3, 0.4) is 0 Å². The molecule has 0 unspecified atom stereocenters. The number of aromatic nitrogens is 2. The minimum Gasteiger partial charge on any atom is -0.363 e. The molecule has 100 valence electrons. The summed E-state index contributed by atoms with van der Waals surface area (Å²) in [7, 11) is 3.82. The number of likely N-dealkylation sites (N-methyl/N-ethyl adjacent to an activating group) is 1. The zero-order valence-corrected chi connectivity index (χ0v) is 10.6. The van der Waals surface area contributed by atoms with E-state index in [-0.39, 0.29) is 23.1 Å². The van der Waals surface area contributed by atoms with Crippen molar-refractivity contribution in [2.75, 3.05) is 37.9 Å². The van der Waals surface area contributed by atoms with E-state index in [1.54, 1.807) is 0 Å². The average Bonchev–Trinajstić information content (AvgIpc) is 2.27. The molecule has 0 saturated carbocycles. The molecule has 18 heavy (non-hydrogen) atoms. The Morgan fingerprint density at radius 2 is 2.11 bits per heavy atom. The Bertz CT molecular complexity index is 435. The SMILES string of the molecule is Cc1nc(NN)nc(NCCN(C)C)c1[N+](=O)[O-].